The Labute approximate surface area is 130 Å². The van der Waals surface area contributed by atoms with Crippen LogP contribution in [0.4, 0.5) is 13.2 Å². The van der Waals surface area contributed by atoms with Crippen LogP contribution in [0, 0.1) is 0 Å². The molecule has 1 aromatic rings. The molecule has 0 aliphatic rings. The number of alkyl halides is 3. The smallest absolute Gasteiger partial charge is 0.435 e. The predicted octanol–water partition coefficient (Wildman–Crippen LogP) is 2.54. The molecule has 0 fully saturated rings. The van der Waals surface area contributed by atoms with Gasteiger partial charge in [0.25, 0.3) is 0 Å². The summed E-state index contributed by atoms with van der Waals surface area (Å²) in [6.45, 7) is 6.27. The average Bonchev–Trinajstić information content (AvgIpc) is 2.84. The van der Waals surface area contributed by atoms with Gasteiger partial charge in [-0.1, -0.05) is 13.8 Å². The molecule has 1 aromatic heterocycles. The number of aliphatic hydroxyl groups is 1. The number of ether oxygens (including phenoxy) is 1. The maximum Gasteiger partial charge on any atom is 0.435 e. The molecule has 1 N–H and O–H groups in total. The van der Waals surface area contributed by atoms with E-state index in [1.54, 1.807) is 4.90 Å². The molecule has 0 bridgehead atoms. The summed E-state index contributed by atoms with van der Waals surface area (Å²) in [7, 11) is 0. The fourth-order valence-corrected chi connectivity index (χ4v) is 2.91. The van der Waals surface area contributed by atoms with E-state index < -0.39 is 28.9 Å². The van der Waals surface area contributed by atoms with Crippen molar-refractivity contribution in [2.75, 3.05) is 19.7 Å². The van der Waals surface area contributed by atoms with Gasteiger partial charge in [-0.3, -0.25) is 4.90 Å². The maximum atomic E-state index is 13.0. The zero-order valence-corrected chi connectivity index (χ0v) is 13.4. The topological polar surface area (TPSA) is 62.7 Å². The molecule has 1 atom stereocenters. The summed E-state index contributed by atoms with van der Waals surface area (Å²) in [6.07, 6.45) is -5.76. The van der Waals surface area contributed by atoms with E-state index in [0.29, 0.717) is 24.4 Å². The van der Waals surface area contributed by atoms with Crippen molar-refractivity contribution in [2.24, 2.45) is 0 Å². The van der Waals surface area contributed by atoms with Gasteiger partial charge in [-0.2, -0.15) is 13.2 Å². The summed E-state index contributed by atoms with van der Waals surface area (Å²) in [6, 6.07) is 0. The number of rotatable bonds is 7. The standard InChI is InChI=1S/C13H19F3N2O3S/c1-4-18(5-2)9(19)7-8-17-11(13(14,15)16)10(22-8)12(20)21-6-3/h9,19H,4-7H2,1-3H3. The quantitative estimate of drug-likeness (QED) is 0.610. The Balaban J connectivity index is 3.05. The van der Waals surface area contributed by atoms with Crippen molar-refractivity contribution >= 4 is 17.3 Å². The van der Waals surface area contributed by atoms with Crippen molar-refractivity contribution in [1.29, 1.82) is 0 Å². The van der Waals surface area contributed by atoms with Crippen LogP contribution in [0.2, 0.25) is 0 Å². The van der Waals surface area contributed by atoms with Crippen molar-refractivity contribution in [1.82, 2.24) is 9.88 Å². The van der Waals surface area contributed by atoms with Crippen molar-refractivity contribution in [3.05, 3.63) is 15.6 Å². The number of carbonyl (C=O) groups excluding carboxylic acids is 1. The van der Waals surface area contributed by atoms with Crippen molar-refractivity contribution < 1.29 is 27.8 Å². The Kier molecular flexibility index (Phi) is 6.76. The molecule has 0 aliphatic heterocycles. The van der Waals surface area contributed by atoms with Crippen LogP contribution >= 0.6 is 11.3 Å². The summed E-state index contributed by atoms with van der Waals surface area (Å²) < 4.78 is 43.5. The van der Waals surface area contributed by atoms with Crippen LogP contribution in [0.25, 0.3) is 0 Å². The summed E-state index contributed by atoms with van der Waals surface area (Å²) in [4.78, 5) is 16.2. The molecular formula is C13H19F3N2O3S. The van der Waals surface area contributed by atoms with E-state index >= 15 is 0 Å². The second kappa shape index (κ2) is 7.89. The lowest BCUT2D eigenvalue weighted by Gasteiger charge is -2.23. The maximum absolute atomic E-state index is 13.0. The Morgan fingerprint density at radius 1 is 1.36 bits per heavy atom. The number of hydrogen-bond acceptors (Lipinski definition) is 6. The largest absolute Gasteiger partial charge is 0.462 e. The van der Waals surface area contributed by atoms with Gasteiger partial charge in [-0.05, 0) is 20.0 Å². The van der Waals surface area contributed by atoms with Crippen molar-refractivity contribution in [3.63, 3.8) is 0 Å². The van der Waals surface area contributed by atoms with Gasteiger partial charge in [-0.15, -0.1) is 11.3 Å². The average molecular weight is 340 g/mol. The molecule has 0 aliphatic carbocycles. The molecule has 0 amide bonds. The normalized spacial score (nSPS) is 13.5. The van der Waals surface area contributed by atoms with Gasteiger partial charge in [-0.25, -0.2) is 9.78 Å². The van der Waals surface area contributed by atoms with Crippen LogP contribution in [0.1, 0.15) is 41.1 Å². The molecule has 0 saturated heterocycles. The van der Waals surface area contributed by atoms with E-state index in [-0.39, 0.29) is 18.0 Å². The van der Waals surface area contributed by atoms with Gasteiger partial charge in [0, 0.05) is 6.42 Å². The number of likely N-dealkylation sites (N-methyl/N-ethyl adjacent to an activating group) is 1. The molecule has 0 aromatic carbocycles. The number of carbonyl (C=O) groups is 1. The first-order valence-electron chi connectivity index (χ1n) is 6.90. The zero-order valence-electron chi connectivity index (χ0n) is 12.6. The van der Waals surface area contributed by atoms with E-state index in [1.807, 2.05) is 13.8 Å². The van der Waals surface area contributed by atoms with Gasteiger partial charge in [0.2, 0.25) is 0 Å². The Morgan fingerprint density at radius 2 is 1.95 bits per heavy atom. The molecule has 5 nitrogen and oxygen atoms in total. The van der Waals surface area contributed by atoms with Crippen LogP contribution in [0.15, 0.2) is 0 Å². The predicted molar refractivity (Wildman–Crippen MR) is 75.7 cm³/mol. The Morgan fingerprint density at radius 3 is 2.41 bits per heavy atom. The molecule has 0 radical (unpaired) electrons. The molecule has 1 rings (SSSR count). The van der Waals surface area contributed by atoms with Crippen LogP contribution < -0.4 is 0 Å². The minimum Gasteiger partial charge on any atom is -0.462 e. The summed E-state index contributed by atoms with van der Waals surface area (Å²) in [5, 5.41) is 10.1. The van der Waals surface area contributed by atoms with Crippen LogP contribution in [-0.4, -0.2) is 46.9 Å². The lowest BCUT2D eigenvalue weighted by molar-refractivity contribution is -0.141. The first-order chi connectivity index (χ1) is 10.2. The lowest BCUT2D eigenvalue weighted by Crippen LogP contribution is -2.36. The van der Waals surface area contributed by atoms with Gasteiger partial charge < -0.3 is 9.84 Å². The number of esters is 1. The number of aromatic nitrogens is 1. The highest BCUT2D eigenvalue weighted by atomic mass is 32.1. The van der Waals surface area contributed by atoms with Crippen molar-refractivity contribution in [2.45, 2.75) is 39.6 Å². The minimum atomic E-state index is -4.74. The molecule has 0 saturated carbocycles. The third kappa shape index (κ3) is 4.65. The SMILES string of the molecule is CCOC(=O)c1sc(CC(O)N(CC)CC)nc1C(F)(F)F. The number of halogens is 3. The van der Waals surface area contributed by atoms with E-state index in [4.69, 9.17) is 0 Å². The molecule has 126 valence electrons. The van der Waals surface area contributed by atoms with Crippen molar-refractivity contribution in [3.8, 4) is 0 Å². The Hall–Kier alpha value is -1.19. The number of aliphatic hydroxyl groups excluding tert-OH is 1. The molecule has 22 heavy (non-hydrogen) atoms. The second-order valence-corrected chi connectivity index (χ2v) is 5.49. The van der Waals surface area contributed by atoms with Gasteiger partial charge >= 0.3 is 12.1 Å². The van der Waals surface area contributed by atoms with Crippen LogP contribution in [0.5, 0.6) is 0 Å². The first-order valence-corrected chi connectivity index (χ1v) is 7.72. The highest BCUT2D eigenvalue weighted by molar-refractivity contribution is 7.13. The van der Waals surface area contributed by atoms with Gasteiger partial charge in [0.1, 0.15) is 11.1 Å². The molecule has 1 unspecified atom stereocenters. The molecule has 9 heteroatoms. The number of thiazole rings is 1. The highest BCUT2D eigenvalue weighted by Gasteiger charge is 2.40. The summed E-state index contributed by atoms with van der Waals surface area (Å²) >= 11 is 0.609. The lowest BCUT2D eigenvalue weighted by atomic mass is 10.3. The van der Waals surface area contributed by atoms with E-state index in [9.17, 15) is 23.1 Å². The minimum absolute atomic E-state index is 0.0224. The zero-order chi connectivity index (χ0) is 16.9. The van der Waals surface area contributed by atoms with Gasteiger partial charge in [0.15, 0.2) is 5.69 Å². The third-order valence-corrected chi connectivity index (χ3v) is 4.05. The summed E-state index contributed by atoms with van der Waals surface area (Å²) in [5.41, 5.74) is -1.25. The Bertz CT molecular complexity index is 501. The molecule has 1 heterocycles. The highest BCUT2D eigenvalue weighted by Crippen LogP contribution is 2.35. The fourth-order valence-electron chi connectivity index (χ4n) is 1.91. The van der Waals surface area contributed by atoms with E-state index in [2.05, 4.69) is 9.72 Å². The summed E-state index contributed by atoms with van der Waals surface area (Å²) in [5.74, 6) is -1.05. The monoisotopic (exact) mass is 340 g/mol. The van der Waals surface area contributed by atoms with E-state index in [0.717, 1.165) is 0 Å². The van der Waals surface area contributed by atoms with Crippen LogP contribution in [0.3, 0.4) is 0 Å². The number of hydrogen-bond donors (Lipinski definition) is 1. The molecule has 0 spiro atoms. The number of nitrogens with zero attached hydrogens (tertiary/aromatic N) is 2. The van der Waals surface area contributed by atoms with Crippen LogP contribution in [-0.2, 0) is 17.3 Å². The van der Waals surface area contributed by atoms with E-state index in [1.165, 1.54) is 6.92 Å². The second-order valence-electron chi connectivity index (χ2n) is 4.41. The fraction of sp³-hybridized carbons (Fsp3) is 0.692. The first kappa shape index (κ1) is 18.9. The molecular weight excluding hydrogens is 321 g/mol. The third-order valence-electron chi connectivity index (χ3n) is 2.99. The van der Waals surface area contributed by atoms with Gasteiger partial charge in [0.05, 0.1) is 11.6 Å².